The zero-order valence-electron chi connectivity index (χ0n) is 21.2. The highest BCUT2D eigenvalue weighted by atomic mass is 32.2. The highest BCUT2D eigenvalue weighted by Gasteiger charge is 2.22. The molecule has 9 nitrogen and oxygen atoms in total. The van der Waals surface area contributed by atoms with Crippen LogP contribution in [0.3, 0.4) is 0 Å². The first-order valence-electron chi connectivity index (χ1n) is 11.4. The number of aliphatic hydroxyl groups excluding tert-OH is 2. The second kappa shape index (κ2) is 13.0. The average molecular weight is 525 g/mol. The lowest BCUT2D eigenvalue weighted by molar-refractivity contribution is -0.157. The van der Waals surface area contributed by atoms with Gasteiger partial charge in [0.2, 0.25) is 0 Å². The number of aliphatic hydroxyl groups is 2. The molecule has 0 aliphatic rings. The van der Waals surface area contributed by atoms with E-state index in [-0.39, 0.29) is 24.8 Å². The molecule has 0 fully saturated rings. The Hall–Kier alpha value is -2.73. The Bertz CT molecular complexity index is 1090. The molecule has 2 N–H and O–H groups in total. The van der Waals surface area contributed by atoms with Crippen LogP contribution in [0.5, 0.6) is 6.01 Å². The number of hydrogen-bond acceptors (Lipinski definition) is 9. The van der Waals surface area contributed by atoms with E-state index in [1.807, 2.05) is 13.8 Å². The van der Waals surface area contributed by atoms with Gasteiger partial charge in [0.25, 0.3) is 0 Å². The molecule has 1 heterocycles. The Balaban J connectivity index is 2.37. The standard InChI is InChI=1S/C25H33FN2O7S/c1-15(2)22-20(12-11-18(29)13-19(30)14-21(31)34-25(3,4)5)23(16-7-9-17(26)10-8-16)28-24(27-22)35-36(32)33-6/h7-12,15,18-19,29-30H,13-14H2,1-6H3/b12-11+/t18-,19-,36?/m1/s1. The smallest absolute Gasteiger partial charge is 0.362 e. The summed E-state index contributed by atoms with van der Waals surface area (Å²) in [7, 11) is 1.20. The number of halogens is 1. The van der Waals surface area contributed by atoms with Gasteiger partial charge in [-0.1, -0.05) is 26.0 Å². The Morgan fingerprint density at radius 2 is 1.81 bits per heavy atom. The fraction of sp³-hybridized carbons (Fsp3) is 0.480. The third-order valence-electron chi connectivity index (χ3n) is 4.72. The zero-order chi connectivity index (χ0) is 27.0. The van der Waals surface area contributed by atoms with E-state index in [1.54, 1.807) is 26.8 Å². The molecule has 36 heavy (non-hydrogen) atoms. The van der Waals surface area contributed by atoms with Gasteiger partial charge >= 0.3 is 23.3 Å². The van der Waals surface area contributed by atoms with Crippen molar-refractivity contribution in [1.82, 2.24) is 9.97 Å². The molecule has 2 aromatic rings. The van der Waals surface area contributed by atoms with Gasteiger partial charge < -0.3 is 19.1 Å². The van der Waals surface area contributed by atoms with Gasteiger partial charge in [0.15, 0.2) is 0 Å². The van der Waals surface area contributed by atoms with Crippen molar-refractivity contribution in [3.05, 3.63) is 47.4 Å². The number of carbonyl (C=O) groups excluding carboxylic acids is 1. The monoisotopic (exact) mass is 524 g/mol. The van der Waals surface area contributed by atoms with Crippen molar-refractivity contribution in [2.24, 2.45) is 0 Å². The number of rotatable bonds is 11. The summed E-state index contributed by atoms with van der Waals surface area (Å²) in [5, 5.41) is 20.7. The van der Waals surface area contributed by atoms with Crippen LogP contribution in [0.15, 0.2) is 30.3 Å². The van der Waals surface area contributed by atoms with Gasteiger partial charge in [-0.15, -0.1) is 0 Å². The van der Waals surface area contributed by atoms with Gasteiger partial charge in [-0.3, -0.25) is 8.98 Å². The maximum Gasteiger partial charge on any atom is 0.362 e. The summed E-state index contributed by atoms with van der Waals surface area (Å²) in [6.45, 7) is 8.94. The van der Waals surface area contributed by atoms with Gasteiger partial charge in [0.1, 0.15) is 11.4 Å². The summed E-state index contributed by atoms with van der Waals surface area (Å²) >= 11 is -2.11. The number of nitrogens with zero attached hydrogens (tertiary/aromatic N) is 2. The summed E-state index contributed by atoms with van der Waals surface area (Å²) in [6, 6.07) is 5.41. The molecule has 0 saturated heterocycles. The van der Waals surface area contributed by atoms with Crippen LogP contribution < -0.4 is 4.18 Å². The number of ether oxygens (including phenoxy) is 1. The lowest BCUT2D eigenvalue weighted by Crippen LogP contribution is -2.27. The average Bonchev–Trinajstić information content (AvgIpc) is 2.76. The van der Waals surface area contributed by atoms with Crippen LogP contribution in [0.4, 0.5) is 4.39 Å². The third kappa shape index (κ3) is 9.38. The molecule has 198 valence electrons. The maximum absolute atomic E-state index is 13.5. The molecule has 1 aromatic carbocycles. The van der Waals surface area contributed by atoms with E-state index in [0.717, 1.165) is 0 Å². The quantitative estimate of drug-likeness (QED) is 0.421. The van der Waals surface area contributed by atoms with E-state index in [2.05, 4.69) is 14.2 Å². The number of esters is 1. The molecule has 0 amide bonds. The summed E-state index contributed by atoms with van der Waals surface area (Å²) in [4.78, 5) is 20.6. The van der Waals surface area contributed by atoms with Gasteiger partial charge in [0.05, 0.1) is 37.1 Å². The SMILES string of the molecule is COS(=O)Oc1nc(-c2ccc(F)cc2)c(/C=C/[C@@H](O)C[C@@H](O)CC(=O)OC(C)(C)C)c(C(C)C)n1. The van der Waals surface area contributed by atoms with Gasteiger partial charge in [-0.05, 0) is 51.0 Å². The lowest BCUT2D eigenvalue weighted by atomic mass is 9.97. The van der Waals surface area contributed by atoms with Crippen LogP contribution >= 0.6 is 0 Å². The molecule has 0 radical (unpaired) electrons. The van der Waals surface area contributed by atoms with Crippen molar-refractivity contribution in [3.8, 4) is 17.3 Å². The topological polar surface area (TPSA) is 128 Å². The Labute approximate surface area is 213 Å². The van der Waals surface area contributed by atoms with E-state index in [4.69, 9.17) is 8.92 Å². The van der Waals surface area contributed by atoms with Gasteiger partial charge in [0, 0.05) is 17.5 Å². The first-order valence-corrected chi connectivity index (χ1v) is 12.4. The van der Waals surface area contributed by atoms with Gasteiger partial charge in [-0.25, -0.2) is 4.39 Å². The second-order valence-electron chi connectivity index (χ2n) is 9.38. The zero-order valence-corrected chi connectivity index (χ0v) is 22.0. The minimum absolute atomic E-state index is 0.104. The molecule has 0 aliphatic carbocycles. The van der Waals surface area contributed by atoms with Crippen molar-refractivity contribution in [1.29, 1.82) is 0 Å². The van der Waals surface area contributed by atoms with Crippen LogP contribution in [0.1, 0.15) is 64.6 Å². The summed E-state index contributed by atoms with van der Waals surface area (Å²) in [6.07, 6.45) is 0.469. The summed E-state index contributed by atoms with van der Waals surface area (Å²) < 4.78 is 40.3. The fourth-order valence-electron chi connectivity index (χ4n) is 3.25. The molecule has 0 spiro atoms. The summed E-state index contributed by atoms with van der Waals surface area (Å²) in [5.74, 6) is -1.13. The van der Waals surface area contributed by atoms with Crippen LogP contribution in [-0.2, 0) is 25.1 Å². The molecule has 1 unspecified atom stereocenters. The van der Waals surface area contributed by atoms with Crippen molar-refractivity contribution in [3.63, 3.8) is 0 Å². The molecule has 3 atom stereocenters. The van der Waals surface area contributed by atoms with E-state index in [9.17, 15) is 23.6 Å². The largest absolute Gasteiger partial charge is 0.460 e. The van der Waals surface area contributed by atoms with Crippen molar-refractivity contribution in [2.75, 3.05) is 7.11 Å². The highest BCUT2D eigenvalue weighted by molar-refractivity contribution is 7.75. The predicted molar refractivity (Wildman–Crippen MR) is 133 cm³/mol. The second-order valence-corrected chi connectivity index (χ2v) is 10.3. The minimum Gasteiger partial charge on any atom is -0.460 e. The first-order chi connectivity index (χ1) is 16.8. The van der Waals surface area contributed by atoms with Crippen molar-refractivity contribution in [2.45, 2.75) is 71.2 Å². The predicted octanol–water partition coefficient (Wildman–Crippen LogP) is 3.87. The molecule has 0 bridgehead atoms. The molecular weight excluding hydrogens is 491 g/mol. The maximum atomic E-state index is 13.5. The Morgan fingerprint density at radius 3 is 2.36 bits per heavy atom. The number of carbonyl (C=O) groups is 1. The molecule has 11 heteroatoms. The Kier molecular flexibility index (Phi) is 10.7. The Morgan fingerprint density at radius 1 is 1.17 bits per heavy atom. The molecule has 0 aliphatic heterocycles. The minimum atomic E-state index is -2.11. The van der Waals surface area contributed by atoms with Crippen LogP contribution in [-0.4, -0.2) is 55.3 Å². The first kappa shape index (κ1) is 29.5. The number of aromatic nitrogens is 2. The van der Waals surface area contributed by atoms with Gasteiger partial charge in [-0.2, -0.15) is 14.2 Å². The van der Waals surface area contributed by atoms with Crippen LogP contribution in [0, 0.1) is 5.82 Å². The summed E-state index contributed by atoms with van der Waals surface area (Å²) in [5.41, 5.74) is 1.26. The van der Waals surface area contributed by atoms with Crippen LogP contribution in [0.25, 0.3) is 17.3 Å². The molecule has 0 saturated carbocycles. The normalized spacial score (nSPS) is 14.6. The molecule has 1 aromatic heterocycles. The van der Waals surface area contributed by atoms with Crippen LogP contribution in [0.2, 0.25) is 0 Å². The highest BCUT2D eigenvalue weighted by Crippen LogP contribution is 2.31. The number of hydrogen-bond donors (Lipinski definition) is 2. The fourth-order valence-corrected chi connectivity index (χ4v) is 3.52. The van der Waals surface area contributed by atoms with E-state index in [0.29, 0.717) is 22.5 Å². The number of benzene rings is 1. The third-order valence-corrected chi connectivity index (χ3v) is 5.28. The van der Waals surface area contributed by atoms with Crippen molar-refractivity contribution >= 4 is 23.4 Å². The van der Waals surface area contributed by atoms with E-state index < -0.39 is 41.0 Å². The van der Waals surface area contributed by atoms with E-state index >= 15 is 0 Å². The van der Waals surface area contributed by atoms with Crippen molar-refractivity contribution < 1.29 is 36.7 Å². The molecule has 2 rings (SSSR count). The van der Waals surface area contributed by atoms with E-state index in [1.165, 1.54) is 37.5 Å². The lowest BCUT2D eigenvalue weighted by Gasteiger charge is -2.21. The molecular formula is C25H33FN2O7S.